The number of nitrogens with one attached hydrogen (secondary N) is 1. The van der Waals surface area contributed by atoms with Crippen molar-refractivity contribution in [3.8, 4) is 0 Å². The van der Waals surface area contributed by atoms with E-state index in [9.17, 15) is 14.4 Å². The molecule has 112 valence electrons. The van der Waals surface area contributed by atoms with Crippen molar-refractivity contribution in [2.75, 3.05) is 18.5 Å². The summed E-state index contributed by atoms with van der Waals surface area (Å²) in [6.07, 6.45) is 0.472. The molecule has 0 spiro atoms. The van der Waals surface area contributed by atoms with Crippen LogP contribution in [0.25, 0.3) is 0 Å². The van der Waals surface area contributed by atoms with Gasteiger partial charge < -0.3 is 15.0 Å². The Morgan fingerprint density at radius 1 is 1.55 bits per heavy atom. The fourth-order valence-electron chi connectivity index (χ4n) is 2.01. The molecule has 2 atom stereocenters. The Labute approximate surface area is 126 Å². The van der Waals surface area contributed by atoms with Crippen molar-refractivity contribution >= 4 is 33.7 Å². The maximum absolute atomic E-state index is 12.2. The minimum Gasteiger partial charge on any atom is -0.465 e. The molecular formula is C13H19BrN2O4. The van der Waals surface area contributed by atoms with E-state index in [0.717, 1.165) is 0 Å². The maximum atomic E-state index is 12.2. The zero-order valence-electron chi connectivity index (χ0n) is 11.6. The number of hydrogen-bond donors (Lipinski definition) is 1. The molecule has 0 aliphatic carbocycles. The molecule has 0 aromatic carbocycles. The molecule has 7 heteroatoms. The van der Waals surface area contributed by atoms with Crippen LogP contribution in [0.2, 0.25) is 0 Å². The predicted octanol–water partition coefficient (Wildman–Crippen LogP) is 0.606. The smallest absolute Gasteiger partial charge is 0.325 e. The SMILES string of the molecule is C=C(CBr)C(=O)NC1CC(C)N(CC(=O)OCC)C1=O. The number of alkyl halides is 1. The van der Waals surface area contributed by atoms with Gasteiger partial charge in [-0.1, -0.05) is 22.5 Å². The predicted molar refractivity (Wildman–Crippen MR) is 77.3 cm³/mol. The van der Waals surface area contributed by atoms with E-state index in [1.165, 1.54) is 4.90 Å². The van der Waals surface area contributed by atoms with Crippen LogP contribution in [0.3, 0.4) is 0 Å². The van der Waals surface area contributed by atoms with Crippen LogP contribution in [0.1, 0.15) is 20.3 Å². The third-order valence-corrected chi connectivity index (χ3v) is 3.76. The van der Waals surface area contributed by atoms with Gasteiger partial charge in [-0.2, -0.15) is 0 Å². The molecule has 20 heavy (non-hydrogen) atoms. The molecule has 0 aromatic heterocycles. The lowest BCUT2D eigenvalue weighted by molar-refractivity contribution is -0.148. The molecule has 2 amide bonds. The summed E-state index contributed by atoms with van der Waals surface area (Å²) in [5.74, 6) is -1.06. The maximum Gasteiger partial charge on any atom is 0.325 e. The number of hydrogen-bond acceptors (Lipinski definition) is 4. The number of carbonyl (C=O) groups excluding carboxylic acids is 3. The van der Waals surface area contributed by atoms with Gasteiger partial charge in [-0.15, -0.1) is 0 Å². The van der Waals surface area contributed by atoms with E-state index >= 15 is 0 Å². The summed E-state index contributed by atoms with van der Waals surface area (Å²) in [5, 5.41) is 2.98. The van der Waals surface area contributed by atoms with Gasteiger partial charge in [-0.05, 0) is 20.3 Å². The van der Waals surface area contributed by atoms with E-state index < -0.39 is 12.0 Å². The van der Waals surface area contributed by atoms with Crippen molar-refractivity contribution < 1.29 is 19.1 Å². The number of amides is 2. The van der Waals surface area contributed by atoms with Crippen molar-refractivity contribution in [1.82, 2.24) is 10.2 Å². The standard InChI is InChI=1S/C13H19BrN2O4/c1-4-20-11(17)7-16-9(3)5-10(13(16)19)15-12(18)8(2)6-14/h9-10H,2,4-7H2,1,3H3,(H,15,18). The van der Waals surface area contributed by atoms with Crippen LogP contribution in [0.15, 0.2) is 12.2 Å². The van der Waals surface area contributed by atoms with E-state index in [-0.39, 0.29) is 31.0 Å². The molecule has 0 radical (unpaired) electrons. The molecule has 0 aromatic rings. The van der Waals surface area contributed by atoms with Gasteiger partial charge in [-0.3, -0.25) is 14.4 Å². The molecule has 1 aliphatic heterocycles. The molecular weight excluding hydrogens is 328 g/mol. The fraction of sp³-hybridized carbons (Fsp3) is 0.615. The van der Waals surface area contributed by atoms with Crippen molar-refractivity contribution in [2.45, 2.75) is 32.4 Å². The van der Waals surface area contributed by atoms with Crippen molar-refractivity contribution in [1.29, 1.82) is 0 Å². The highest BCUT2D eigenvalue weighted by atomic mass is 79.9. The Hall–Kier alpha value is -1.37. The van der Waals surface area contributed by atoms with E-state index in [1.807, 2.05) is 6.92 Å². The zero-order chi connectivity index (χ0) is 15.3. The van der Waals surface area contributed by atoms with Gasteiger partial charge in [0.05, 0.1) is 6.61 Å². The van der Waals surface area contributed by atoms with Crippen LogP contribution < -0.4 is 5.32 Å². The number of esters is 1. The first kappa shape index (κ1) is 16.7. The number of ether oxygens (including phenoxy) is 1. The summed E-state index contributed by atoms with van der Waals surface area (Å²) >= 11 is 3.14. The lowest BCUT2D eigenvalue weighted by Gasteiger charge is -2.20. The van der Waals surface area contributed by atoms with Gasteiger partial charge in [0.25, 0.3) is 0 Å². The molecule has 1 N–H and O–H groups in total. The van der Waals surface area contributed by atoms with Crippen LogP contribution in [-0.2, 0) is 19.1 Å². The lowest BCUT2D eigenvalue weighted by Crippen LogP contribution is -2.44. The Kier molecular flexibility index (Phi) is 6.19. The van der Waals surface area contributed by atoms with Gasteiger partial charge >= 0.3 is 5.97 Å². The van der Waals surface area contributed by atoms with Gasteiger partial charge in [0.2, 0.25) is 11.8 Å². The highest BCUT2D eigenvalue weighted by Gasteiger charge is 2.39. The quantitative estimate of drug-likeness (QED) is 0.434. The molecule has 1 aliphatic rings. The van der Waals surface area contributed by atoms with Crippen molar-refractivity contribution in [3.63, 3.8) is 0 Å². The van der Waals surface area contributed by atoms with E-state index in [2.05, 4.69) is 27.8 Å². The molecule has 1 fully saturated rings. The van der Waals surface area contributed by atoms with Crippen molar-refractivity contribution in [2.24, 2.45) is 0 Å². The highest BCUT2D eigenvalue weighted by Crippen LogP contribution is 2.19. The Morgan fingerprint density at radius 3 is 2.75 bits per heavy atom. The largest absolute Gasteiger partial charge is 0.465 e. The molecule has 6 nitrogen and oxygen atoms in total. The normalized spacial score (nSPS) is 21.8. The molecule has 1 heterocycles. The van der Waals surface area contributed by atoms with Gasteiger partial charge in [0.15, 0.2) is 0 Å². The third kappa shape index (κ3) is 4.06. The average Bonchev–Trinajstić information content (AvgIpc) is 2.65. The van der Waals surface area contributed by atoms with Crippen LogP contribution in [-0.4, -0.2) is 53.2 Å². The third-order valence-electron chi connectivity index (χ3n) is 3.08. The summed E-state index contributed by atoms with van der Waals surface area (Å²) in [6, 6.07) is -0.725. The van der Waals surface area contributed by atoms with Crippen molar-refractivity contribution in [3.05, 3.63) is 12.2 Å². The second-order valence-corrected chi connectivity index (χ2v) is 5.18. The Balaban J connectivity index is 2.62. The van der Waals surface area contributed by atoms with Crippen LogP contribution >= 0.6 is 15.9 Å². The fourth-order valence-corrected chi connectivity index (χ4v) is 2.26. The molecule has 0 bridgehead atoms. The number of carbonyl (C=O) groups is 3. The first-order chi connectivity index (χ1) is 9.40. The summed E-state index contributed by atoms with van der Waals surface area (Å²) in [7, 11) is 0. The summed E-state index contributed by atoms with van der Waals surface area (Å²) < 4.78 is 4.83. The Bertz CT molecular complexity index is 425. The first-order valence-electron chi connectivity index (χ1n) is 6.41. The van der Waals surface area contributed by atoms with E-state index in [0.29, 0.717) is 17.3 Å². The monoisotopic (exact) mass is 346 g/mol. The number of halogens is 1. The first-order valence-corrected chi connectivity index (χ1v) is 7.53. The summed E-state index contributed by atoms with van der Waals surface area (Å²) in [4.78, 5) is 36.8. The average molecular weight is 347 g/mol. The van der Waals surface area contributed by atoms with E-state index in [4.69, 9.17) is 4.74 Å². The number of nitrogens with zero attached hydrogens (tertiary/aromatic N) is 1. The second-order valence-electron chi connectivity index (χ2n) is 4.62. The molecule has 1 saturated heterocycles. The lowest BCUT2D eigenvalue weighted by atomic mass is 10.2. The summed E-state index contributed by atoms with van der Waals surface area (Å²) in [5.41, 5.74) is 0.356. The van der Waals surface area contributed by atoms with Crippen LogP contribution in [0.4, 0.5) is 0 Å². The molecule has 0 saturated carbocycles. The van der Waals surface area contributed by atoms with Crippen LogP contribution in [0, 0.1) is 0 Å². The topological polar surface area (TPSA) is 75.7 Å². The zero-order valence-corrected chi connectivity index (χ0v) is 13.2. The summed E-state index contributed by atoms with van der Waals surface area (Å²) in [6.45, 7) is 7.33. The number of likely N-dealkylation sites (tertiary alicyclic amines) is 1. The van der Waals surface area contributed by atoms with Gasteiger partial charge in [0, 0.05) is 16.9 Å². The minimum atomic E-state index is -0.609. The molecule has 2 unspecified atom stereocenters. The molecule has 1 rings (SSSR count). The number of rotatable bonds is 6. The van der Waals surface area contributed by atoms with E-state index in [1.54, 1.807) is 6.92 Å². The minimum absolute atomic E-state index is 0.0837. The Morgan fingerprint density at radius 2 is 2.20 bits per heavy atom. The highest BCUT2D eigenvalue weighted by molar-refractivity contribution is 9.09. The van der Waals surface area contributed by atoms with Gasteiger partial charge in [0.1, 0.15) is 12.6 Å². The van der Waals surface area contributed by atoms with Gasteiger partial charge in [-0.25, -0.2) is 0 Å². The second kappa shape index (κ2) is 7.42. The van der Waals surface area contributed by atoms with Crippen LogP contribution in [0.5, 0.6) is 0 Å².